The molecule has 0 spiro atoms. The van der Waals surface area contributed by atoms with E-state index in [1.54, 1.807) is 31.1 Å². The van der Waals surface area contributed by atoms with Crippen molar-refractivity contribution in [3.8, 4) is 5.75 Å². The van der Waals surface area contributed by atoms with Gasteiger partial charge in [0, 0.05) is 28.9 Å². The lowest BCUT2D eigenvalue weighted by Crippen LogP contribution is -2.50. The van der Waals surface area contributed by atoms with E-state index in [9.17, 15) is 14.0 Å². The minimum atomic E-state index is -0.627. The van der Waals surface area contributed by atoms with Crippen LogP contribution in [0.1, 0.15) is 43.7 Å². The summed E-state index contributed by atoms with van der Waals surface area (Å²) in [5.41, 5.74) is 1.28. The number of ether oxygens (including phenoxy) is 1. The highest BCUT2D eigenvalue weighted by Gasteiger charge is 2.28. The van der Waals surface area contributed by atoms with Crippen LogP contribution in [0.5, 0.6) is 5.75 Å². The number of thioether (sulfide) groups is 1. The standard InChI is InChI=1S/C25H30ClFN2O3S/c1-17(25(31)28-19-6-3-4-7-19)29(14-18-10-12-20(32-2)13-11-18)24(30)16-33-15-21-22(26)8-5-9-23(21)27/h5,8-13,17,19H,3-4,6-7,14-16H2,1-2H3,(H,28,31). The van der Waals surface area contributed by atoms with Gasteiger partial charge in [0.25, 0.3) is 0 Å². The molecule has 8 heteroatoms. The average Bonchev–Trinajstić information content (AvgIpc) is 3.32. The lowest BCUT2D eigenvalue weighted by molar-refractivity contribution is -0.138. The summed E-state index contributed by atoms with van der Waals surface area (Å²) in [5.74, 6) is 0.393. The van der Waals surface area contributed by atoms with Gasteiger partial charge in [0.1, 0.15) is 17.6 Å². The topological polar surface area (TPSA) is 58.6 Å². The zero-order chi connectivity index (χ0) is 23.8. The number of carbonyl (C=O) groups excluding carboxylic acids is 2. The second-order valence-electron chi connectivity index (χ2n) is 8.23. The molecule has 1 N–H and O–H groups in total. The summed E-state index contributed by atoms with van der Waals surface area (Å²) in [6.07, 6.45) is 4.18. The van der Waals surface area contributed by atoms with Crippen molar-refractivity contribution in [1.29, 1.82) is 0 Å². The van der Waals surface area contributed by atoms with E-state index in [-0.39, 0.29) is 35.2 Å². The maximum Gasteiger partial charge on any atom is 0.242 e. The van der Waals surface area contributed by atoms with Crippen molar-refractivity contribution < 1.29 is 18.7 Å². The lowest BCUT2D eigenvalue weighted by atomic mass is 10.1. The first-order valence-corrected chi connectivity index (χ1v) is 12.7. The normalized spacial score (nSPS) is 14.7. The fraction of sp³-hybridized carbons (Fsp3) is 0.440. The molecule has 0 heterocycles. The van der Waals surface area contributed by atoms with E-state index in [4.69, 9.17) is 16.3 Å². The predicted molar refractivity (Wildman–Crippen MR) is 131 cm³/mol. The summed E-state index contributed by atoms with van der Waals surface area (Å²) in [6.45, 7) is 2.05. The second-order valence-corrected chi connectivity index (χ2v) is 9.62. The molecule has 1 aliphatic rings. The number of amides is 2. The first-order chi connectivity index (χ1) is 15.9. The minimum absolute atomic E-state index is 0.113. The van der Waals surface area contributed by atoms with Crippen molar-refractivity contribution in [2.45, 2.75) is 57.0 Å². The van der Waals surface area contributed by atoms with E-state index in [1.165, 1.54) is 17.8 Å². The molecule has 2 aromatic rings. The fourth-order valence-corrected chi connectivity index (χ4v) is 5.14. The van der Waals surface area contributed by atoms with Crippen molar-refractivity contribution in [1.82, 2.24) is 10.2 Å². The molecule has 2 aromatic carbocycles. The van der Waals surface area contributed by atoms with E-state index in [0.717, 1.165) is 37.0 Å². The zero-order valence-electron chi connectivity index (χ0n) is 19.0. The Kier molecular flexibility index (Phi) is 9.44. The molecule has 1 saturated carbocycles. The molecule has 1 aliphatic carbocycles. The maximum absolute atomic E-state index is 14.1. The Labute approximate surface area is 204 Å². The Bertz CT molecular complexity index is 931. The molecule has 0 bridgehead atoms. The van der Waals surface area contributed by atoms with Gasteiger partial charge >= 0.3 is 0 Å². The van der Waals surface area contributed by atoms with Crippen LogP contribution < -0.4 is 10.1 Å². The van der Waals surface area contributed by atoms with E-state index in [2.05, 4.69) is 5.32 Å². The first kappa shape index (κ1) is 25.4. The minimum Gasteiger partial charge on any atom is -0.497 e. The van der Waals surface area contributed by atoms with Crippen molar-refractivity contribution in [3.63, 3.8) is 0 Å². The van der Waals surface area contributed by atoms with Gasteiger partial charge in [0.15, 0.2) is 0 Å². The smallest absolute Gasteiger partial charge is 0.242 e. The van der Waals surface area contributed by atoms with Gasteiger partial charge in [-0.15, -0.1) is 11.8 Å². The second kappa shape index (κ2) is 12.3. The van der Waals surface area contributed by atoms with Crippen LogP contribution in [-0.2, 0) is 21.9 Å². The van der Waals surface area contributed by atoms with Crippen LogP contribution in [0.25, 0.3) is 0 Å². The highest BCUT2D eigenvalue weighted by Crippen LogP contribution is 2.25. The van der Waals surface area contributed by atoms with Gasteiger partial charge in [-0.3, -0.25) is 9.59 Å². The molecule has 1 fully saturated rings. The summed E-state index contributed by atoms with van der Waals surface area (Å²) in [5, 5.41) is 3.43. The molecule has 2 amide bonds. The number of carbonyl (C=O) groups is 2. The molecule has 0 radical (unpaired) electrons. The molecule has 0 aromatic heterocycles. The zero-order valence-corrected chi connectivity index (χ0v) is 20.6. The molecule has 178 valence electrons. The van der Waals surface area contributed by atoms with Crippen molar-refractivity contribution in [2.24, 2.45) is 0 Å². The van der Waals surface area contributed by atoms with Crippen molar-refractivity contribution in [3.05, 3.63) is 64.4 Å². The number of benzene rings is 2. The molecule has 5 nitrogen and oxygen atoms in total. The maximum atomic E-state index is 14.1. The lowest BCUT2D eigenvalue weighted by Gasteiger charge is -2.29. The van der Waals surface area contributed by atoms with Gasteiger partial charge < -0.3 is 15.0 Å². The third-order valence-electron chi connectivity index (χ3n) is 5.91. The Hall–Kier alpha value is -2.25. The molecular formula is C25H30ClFN2O3S. The summed E-state index contributed by atoms with van der Waals surface area (Å²) >= 11 is 7.38. The molecule has 1 unspecified atom stereocenters. The Morgan fingerprint density at radius 3 is 2.55 bits per heavy atom. The quantitative estimate of drug-likeness (QED) is 0.495. The van der Waals surface area contributed by atoms with E-state index in [1.807, 2.05) is 24.3 Å². The molecule has 0 saturated heterocycles. The highest BCUT2D eigenvalue weighted by atomic mass is 35.5. The molecule has 33 heavy (non-hydrogen) atoms. The van der Waals surface area contributed by atoms with Gasteiger partial charge in [-0.25, -0.2) is 4.39 Å². The van der Waals surface area contributed by atoms with Gasteiger partial charge in [0.05, 0.1) is 12.9 Å². The van der Waals surface area contributed by atoms with Crippen molar-refractivity contribution >= 4 is 35.2 Å². The predicted octanol–water partition coefficient (Wildman–Crippen LogP) is 5.20. The van der Waals surface area contributed by atoms with Gasteiger partial charge in [-0.05, 0) is 49.6 Å². The van der Waals surface area contributed by atoms with Gasteiger partial charge in [0.2, 0.25) is 11.8 Å². The highest BCUT2D eigenvalue weighted by molar-refractivity contribution is 7.99. The molecule has 1 atom stereocenters. The van der Waals surface area contributed by atoms with Crippen LogP contribution >= 0.6 is 23.4 Å². The average molecular weight is 493 g/mol. The summed E-state index contributed by atoms with van der Waals surface area (Å²) < 4.78 is 19.3. The monoisotopic (exact) mass is 492 g/mol. The summed E-state index contributed by atoms with van der Waals surface area (Å²) in [7, 11) is 1.60. The Balaban J connectivity index is 1.68. The number of hydrogen-bond acceptors (Lipinski definition) is 4. The Morgan fingerprint density at radius 1 is 1.21 bits per heavy atom. The summed E-state index contributed by atoms with van der Waals surface area (Å²) in [6, 6.07) is 11.5. The molecule has 3 rings (SSSR count). The number of rotatable bonds is 10. The van der Waals surface area contributed by atoms with E-state index >= 15 is 0 Å². The van der Waals surface area contributed by atoms with Crippen LogP contribution in [0.15, 0.2) is 42.5 Å². The number of hydrogen-bond donors (Lipinski definition) is 1. The first-order valence-electron chi connectivity index (χ1n) is 11.1. The summed E-state index contributed by atoms with van der Waals surface area (Å²) in [4.78, 5) is 27.7. The fourth-order valence-electron chi connectivity index (χ4n) is 3.90. The van der Waals surface area contributed by atoms with Gasteiger partial charge in [-0.2, -0.15) is 0 Å². The van der Waals surface area contributed by atoms with Crippen LogP contribution in [0.4, 0.5) is 4.39 Å². The van der Waals surface area contributed by atoms with E-state index in [0.29, 0.717) is 17.1 Å². The third-order valence-corrected chi connectivity index (χ3v) is 7.21. The van der Waals surface area contributed by atoms with Crippen LogP contribution in [0.3, 0.4) is 0 Å². The largest absolute Gasteiger partial charge is 0.497 e. The SMILES string of the molecule is COc1ccc(CN(C(=O)CSCc2c(F)cccc2Cl)C(C)C(=O)NC2CCCC2)cc1. The van der Waals surface area contributed by atoms with Crippen LogP contribution in [-0.4, -0.2) is 41.7 Å². The third kappa shape index (κ3) is 7.11. The molecular weight excluding hydrogens is 463 g/mol. The van der Waals surface area contributed by atoms with E-state index < -0.39 is 6.04 Å². The number of halogens is 2. The number of nitrogens with one attached hydrogen (secondary N) is 1. The van der Waals surface area contributed by atoms with Crippen LogP contribution in [0.2, 0.25) is 5.02 Å². The van der Waals surface area contributed by atoms with Gasteiger partial charge in [-0.1, -0.05) is 42.6 Å². The van der Waals surface area contributed by atoms with Crippen LogP contribution in [0, 0.1) is 5.82 Å². The number of methoxy groups -OCH3 is 1. The number of nitrogens with zero attached hydrogens (tertiary/aromatic N) is 1. The Morgan fingerprint density at radius 2 is 1.91 bits per heavy atom. The molecule has 0 aliphatic heterocycles. The van der Waals surface area contributed by atoms with Crippen molar-refractivity contribution in [2.75, 3.05) is 12.9 Å².